The molecule has 0 amide bonds. The Bertz CT molecular complexity index is 828. The van der Waals surface area contributed by atoms with E-state index in [9.17, 15) is 0 Å². The lowest BCUT2D eigenvalue weighted by Crippen LogP contribution is -2.05. The van der Waals surface area contributed by atoms with Crippen LogP contribution in [0, 0.1) is 0 Å². The minimum atomic E-state index is 0.213. The van der Waals surface area contributed by atoms with E-state index in [0.29, 0.717) is 12.1 Å². The van der Waals surface area contributed by atoms with Gasteiger partial charge in [-0.3, -0.25) is 0 Å². The molecule has 2 heterocycles. The molecule has 0 spiro atoms. The molecule has 0 saturated heterocycles. The van der Waals surface area contributed by atoms with Crippen molar-refractivity contribution in [1.29, 1.82) is 0 Å². The van der Waals surface area contributed by atoms with Crippen molar-refractivity contribution in [3.63, 3.8) is 0 Å². The standard InChI is InChI=1S/C20H16N2O/c1-3-8-15(9-4-1)17(16-10-5-2-6-11-16)14-19-22-18-12-7-13-21-20(18)23-19/h1-13,17H,14H2. The van der Waals surface area contributed by atoms with Crippen molar-refractivity contribution >= 4 is 11.2 Å². The number of benzene rings is 2. The van der Waals surface area contributed by atoms with Gasteiger partial charge < -0.3 is 4.42 Å². The molecular weight excluding hydrogens is 284 g/mol. The summed E-state index contributed by atoms with van der Waals surface area (Å²) in [6.45, 7) is 0. The van der Waals surface area contributed by atoms with Gasteiger partial charge in [0.25, 0.3) is 0 Å². The van der Waals surface area contributed by atoms with Gasteiger partial charge in [-0.1, -0.05) is 60.7 Å². The van der Waals surface area contributed by atoms with Crippen LogP contribution in [0.4, 0.5) is 0 Å². The molecule has 0 aliphatic rings. The zero-order chi connectivity index (χ0) is 15.5. The maximum absolute atomic E-state index is 5.82. The molecule has 0 unspecified atom stereocenters. The summed E-state index contributed by atoms with van der Waals surface area (Å²) in [6.07, 6.45) is 2.44. The van der Waals surface area contributed by atoms with Crippen LogP contribution in [0.15, 0.2) is 83.4 Å². The summed E-state index contributed by atoms with van der Waals surface area (Å²) in [5.74, 6) is 0.932. The molecule has 4 aromatic rings. The Morgan fingerprint density at radius 1 is 0.783 bits per heavy atom. The van der Waals surface area contributed by atoms with Crippen molar-refractivity contribution in [3.05, 3.63) is 96.0 Å². The van der Waals surface area contributed by atoms with E-state index in [1.54, 1.807) is 6.20 Å². The maximum atomic E-state index is 5.82. The van der Waals surface area contributed by atoms with E-state index in [4.69, 9.17) is 4.42 Å². The second-order valence-corrected chi connectivity index (χ2v) is 5.51. The van der Waals surface area contributed by atoms with Crippen molar-refractivity contribution in [3.8, 4) is 0 Å². The molecule has 0 aliphatic carbocycles. The van der Waals surface area contributed by atoms with E-state index in [0.717, 1.165) is 11.4 Å². The Morgan fingerprint density at radius 3 is 2.04 bits per heavy atom. The first-order valence-electron chi connectivity index (χ1n) is 7.70. The van der Waals surface area contributed by atoms with Crippen LogP contribution in [0.2, 0.25) is 0 Å². The second kappa shape index (κ2) is 6.05. The molecule has 0 atom stereocenters. The molecule has 0 saturated carbocycles. The van der Waals surface area contributed by atoms with E-state index in [1.165, 1.54) is 11.1 Å². The monoisotopic (exact) mass is 300 g/mol. The lowest BCUT2D eigenvalue weighted by atomic mass is 9.88. The second-order valence-electron chi connectivity index (χ2n) is 5.51. The fraction of sp³-hybridized carbons (Fsp3) is 0.100. The van der Waals surface area contributed by atoms with Crippen molar-refractivity contribution in [2.45, 2.75) is 12.3 Å². The molecule has 3 nitrogen and oxygen atoms in total. The lowest BCUT2D eigenvalue weighted by Gasteiger charge is -2.16. The summed E-state index contributed by atoms with van der Waals surface area (Å²) in [6, 6.07) is 24.8. The molecule has 2 aromatic carbocycles. The summed E-state index contributed by atoms with van der Waals surface area (Å²) in [5.41, 5.74) is 3.92. The Hall–Kier alpha value is -2.94. The van der Waals surface area contributed by atoms with Gasteiger partial charge in [0.1, 0.15) is 5.52 Å². The number of hydrogen-bond donors (Lipinski definition) is 0. The normalized spacial score (nSPS) is 11.2. The molecule has 0 aliphatic heterocycles. The van der Waals surface area contributed by atoms with Crippen LogP contribution in [0.25, 0.3) is 11.2 Å². The van der Waals surface area contributed by atoms with Crippen LogP contribution in [0.3, 0.4) is 0 Å². The molecule has 112 valence electrons. The highest BCUT2D eigenvalue weighted by Gasteiger charge is 2.18. The zero-order valence-corrected chi connectivity index (χ0v) is 12.6. The number of aromatic nitrogens is 2. The van der Waals surface area contributed by atoms with Gasteiger partial charge in [0.2, 0.25) is 5.71 Å². The van der Waals surface area contributed by atoms with Crippen LogP contribution >= 0.6 is 0 Å². The number of nitrogens with zero attached hydrogens (tertiary/aromatic N) is 2. The number of rotatable bonds is 4. The van der Waals surface area contributed by atoms with Gasteiger partial charge >= 0.3 is 0 Å². The summed E-state index contributed by atoms with van der Waals surface area (Å²) < 4.78 is 5.82. The SMILES string of the molecule is c1ccc(C(Cc2nc3cccnc3o2)c2ccccc2)cc1. The highest BCUT2D eigenvalue weighted by atomic mass is 16.4. The average molecular weight is 300 g/mol. The van der Waals surface area contributed by atoms with E-state index < -0.39 is 0 Å². The van der Waals surface area contributed by atoms with Crippen molar-refractivity contribution in [1.82, 2.24) is 9.97 Å². The quantitative estimate of drug-likeness (QED) is 0.553. The molecule has 0 N–H and O–H groups in total. The first-order chi connectivity index (χ1) is 11.4. The molecular formula is C20H16N2O. The first kappa shape index (κ1) is 13.7. The highest BCUT2D eigenvalue weighted by Crippen LogP contribution is 2.29. The molecule has 0 radical (unpaired) electrons. The van der Waals surface area contributed by atoms with Gasteiger partial charge in [0.05, 0.1) is 0 Å². The van der Waals surface area contributed by atoms with Gasteiger partial charge in [-0.2, -0.15) is 0 Å². The number of fused-ring (bicyclic) bond motifs is 1. The third-order valence-corrected chi connectivity index (χ3v) is 3.99. The molecule has 0 fully saturated rings. The smallest absolute Gasteiger partial charge is 0.246 e. The predicted molar refractivity (Wildman–Crippen MR) is 90.2 cm³/mol. The van der Waals surface area contributed by atoms with Crippen LogP contribution in [0.1, 0.15) is 22.9 Å². The predicted octanol–water partition coefficient (Wildman–Crippen LogP) is 4.60. The van der Waals surface area contributed by atoms with Crippen molar-refractivity contribution in [2.75, 3.05) is 0 Å². The van der Waals surface area contributed by atoms with Crippen LogP contribution < -0.4 is 0 Å². The average Bonchev–Trinajstić information content (AvgIpc) is 3.04. The summed E-state index contributed by atoms with van der Waals surface area (Å²) >= 11 is 0. The van der Waals surface area contributed by atoms with E-state index in [1.807, 2.05) is 24.3 Å². The minimum absolute atomic E-state index is 0.213. The van der Waals surface area contributed by atoms with Gasteiger partial charge in [0, 0.05) is 18.5 Å². The molecule has 23 heavy (non-hydrogen) atoms. The zero-order valence-electron chi connectivity index (χ0n) is 12.6. The largest absolute Gasteiger partial charge is 0.422 e. The topological polar surface area (TPSA) is 38.9 Å². The molecule has 0 bridgehead atoms. The highest BCUT2D eigenvalue weighted by molar-refractivity contribution is 5.67. The van der Waals surface area contributed by atoms with Crippen LogP contribution in [0.5, 0.6) is 0 Å². The summed E-state index contributed by atoms with van der Waals surface area (Å²) in [7, 11) is 0. The number of hydrogen-bond acceptors (Lipinski definition) is 3. The maximum Gasteiger partial charge on any atom is 0.246 e. The van der Waals surface area contributed by atoms with E-state index >= 15 is 0 Å². The van der Waals surface area contributed by atoms with Crippen molar-refractivity contribution < 1.29 is 4.42 Å². The number of pyridine rings is 1. The molecule has 4 rings (SSSR count). The van der Waals surface area contributed by atoms with E-state index in [-0.39, 0.29) is 5.92 Å². The van der Waals surface area contributed by atoms with Gasteiger partial charge in [-0.05, 0) is 23.3 Å². The minimum Gasteiger partial charge on any atom is -0.422 e. The third kappa shape index (κ3) is 2.86. The molecule has 2 aromatic heterocycles. The van der Waals surface area contributed by atoms with Crippen molar-refractivity contribution in [2.24, 2.45) is 0 Å². The van der Waals surface area contributed by atoms with Gasteiger partial charge in [-0.15, -0.1) is 0 Å². The Kier molecular flexibility index (Phi) is 3.60. The fourth-order valence-electron chi connectivity index (χ4n) is 2.88. The first-order valence-corrected chi connectivity index (χ1v) is 7.70. The Labute approximate surface area is 134 Å². The lowest BCUT2D eigenvalue weighted by molar-refractivity contribution is 0.507. The summed E-state index contributed by atoms with van der Waals surface area (Å²) in [4.78, 5) is 8.80. The third-order valence-electron chi connectivity index (χ3n) is 3.99. The molecule has 3 heteroatoms. The van der Waals surface area contributed by atoms with Gasteiger partial charge in [-0.25, -0.2) is 9.97 Å². The fourth-order valence-corrected chi connectivity index (χ4v) is 2.88. The number of oxazole rings is 1. The Balaban J connectivity index is 1.73. The van der Waals surface area contributed by atoms with E-state index in [2.05, 4.69) is 58.5 Å². The van der Waals surface area contributed by atoms with Crippen LogP contribution in [-0.2, 0) is 6.42 Å². The van der Waals surface area contributed by atoms with Gasteiger partial charge in [0.15, 0.2) is 5.89 Å². The Morgan fingerprint density at radius 2 is 1.43 bits per heavy atom. The van der Waals surface area contributed by atoms with Crippen LogP contribution in [-0.4, -0.2) is 9.97 Å². The summed E-state index contributed by atoms with van der Waals surface area (Å²) in [5, 5.41) is 0.